The minimum absolute atomic E-state index is 0.400. The Kier molecular flexibility index (Phi) is 4.00. The van der Waals surface area contributed by atoms with E-state index in [1.807, 2.05) is 0 Å². The van der Waals surface area contributed by atoms with Crippen molar-refractivity contribution in [3.63, 3.8) is 0 Å². The van der Waals surface area contributed by atoms with Crippen LogP contribution in [0.5, 0.6) is 0 Å². The van der Waals surface area contributed by atoms with Crippen molar-refractivity contribution in [1.82, 2.24) is 10.2 Å². The van der Waals surface area contributed by atoms with Crippen LogP contribution in [-0.4, -0.2) is 50.8 Å². The highest BCUT2D eigenvalue weighted by atomic mass is 16.5. The number of morpholine rings is 1. The predicted octanol–water partition coefficient (Wildman–Crippen LogP) is 1.10. The number of nitrogens with one attached hydrogen (secondary N) is 1. The van der Waals surface area contributed by atoms with Crippen molar-refractivity contribution < 1.29 is 4.74 Å². The van der Waals surface area contributed by atoms with Crippen molar-refractivity contribution in [2.75, 3.05) is 33.8 Å². The zero-order valence-corrected chi connectivity index (χ0v) is 10.0. The minimum Gasteiger partial charge on any atom is -0.374 e. The predicted molar refractivity (Wildman–Crippen MR) is 62.0 cm³/mol. The van der Waals surface area contributed by atoms with Gasteiger partial charge in [0, 0.05) is 19.1 Å². The van der Waals surface area contributed by atoms with Crippen molar-refractivity contribution in [3.8, 4) is 0 Å². The third-order valence-electron chi connectivity index (χ3n) is 3.82. The molecule has 0 aromatic carbocycles. The standard InChI is InChI=1S/C12H24N2O/c1-14(2)12(10-5-3-4-6-10)11-9-13-7-8-15-11/h10-13H,3-9H2,1-2H3. The molecule has 0 aromatic heterocycles. The molecule has 0 radical (unpaired) electrons. The highest BCUT2D eigenvalue weighted by molar-refractivity contribution is 4.89. The first-order chi connectivity index (χ1) is 7.29. The second-order valence-electron chi connectivity index (χ2n) is 5.11. The second kappa shape index (κ2) is 5.28. The Morgan fingerprint density at radius 2 is 2.00 bits per heavy atom. The van der Waals surface area contributed by atoms with Gasteiger partial charge in [-0.25, -0.2) is 0 Å². The van der Waals surface area contributed by atoms with E-state index in [2.05, 4.69) is 24.3 Å². The van der Waals surface area contributed by atoms with E-state index in [4.69, 9.17) is 4.74 Å². The van der Waals surface area contributed by atoms with Crippen LogP contribution in [0.4, 0.5) is 0 Å². The van der Waals surface area contributed by atoms with E-state index in [1.165, 1.54) is 25.7 Å². The van der Waals surface area contributed by atoms with Gasteiger partial charge in [-0.05, 0) is 32.9 Å². The Morgan fingerprint density at radius 1 is 1.27 bits per heavy atom. The Labute approximate surface area is 93.2 Å². The molecule has 3 nitrogen and oxygen atoms in total. The van der Waals surface area contributed by atoms with Crippen LogP contribution in [0.25, 0.3) is 0 Å². The van der Waals surface area contributed by atoms with Crippen molar-refractivity contribution >= 4 is 0 Å². The molecule has 2 fully saturated rings. The van der Waals surface area contributed by atoms with E-state index in [0.717, 1.165) is 25.6 Å². The summed E-state index contributed by atoms with van der Waals surface area (Å²) in [6.07, 6.45) is 6.01. The summed E-state index contributed by atoms with van der Waals surface area (Å²) in [4.78, 5) is 2.37. The van der Waals surface area contributed by atoms with E-state index in [0.29, 0.717) is 12.1 Å². The number of hydrogen-bond acceptors (Lipinski definition) is 3. The fourth-order valence-corrected chi connectivity index (χ4v) is 3.16. The molecule has 15 heavy (non-hydrogen) atoms. The Bertz CT molecular complexity index is 184. The first kappa shape index (κ1) is 11.4. The lowest BCUT2D eigenvalue weighted by Crippen LogP contribution is -2.53. The average molecular weight is 212 g/mol. The number of likely N-dealkylation sites (N-methyl/N-ethyl adjacent to an activating group) is 1. The summed E-state index contributed by atoms with van der Waals surface area (Å²) in [6, 6.07) is 0.611. The third-order valence-corrected chi connectivity index (χ3v) is 3.82. The molecule has 0 spiro atoms. The number of hydrogen-bond donors (Lipinski definition) is 1. The molecule has 88 valence electrons. The fourth-order valence-electron chi connectivity index (χ4n) is 3.16. The van der Waals surface area contributed by atoms with Crippen LogP contribution in [0.2, 0.25) is 0 Å². The Morgan fingerprint density at radius 3 is 2.53 bits per heavy atom. The molecular weight excluding hydrogens is 188 g/mol. The van der Waals surface area contributed by atoms with Crippen LogP contribution in [0, 0.1) is 5.92 Å². The van der Waals surface area contributed by atoms with Gasteiger partial charge in [0.2, 0.25) is 0 Å². The summed E-state index contributed by atoms with van der Waals surface area (Å²) in [7, 11) is 4.39. The first-order valence-electron chi connectivity index (χ1n) is 6.28. The molecule has 2 aliphatic rings. The topological polar surface area (TPSA) is 24.5 Å². The van der Waals surface area contributed by atoms with Crippen LogP contribution in [0.3, 0.4) is 0 Å². The molecule has 0 bridgehead atoms. The molecule has 1 aliphatic carbocycles. The van der Waals surface area contributed by atoms with Gasteiger partial charge in [-0.3, -0.25) is 0 Å². The van der Waals surface area contributed by atoms with Crippen LogP contribution in [-0.2, 0) is 4.74 Å². The van der Waals surface area contributed by atoms with E-state index in [-0.39, 0.29) is 0 Å². The maximum Gasteiger partial charge on any atom is 0.0857 e. The van der Waals surface area contributed by atoms with Gasteiger partial charge in [-0.15, -0.1) is 0 Å². The van der Waals surface area contributed by atoms with Gasteiger partial charge in [0.25, 0.3) is 0 Å². The highest BCUT2D eigenvalue weighted by Crippen LogP contribution is 2.32. The van der Waals surface area contributed by atoms with E-state index >= 15 is 0 Å². The molecule has 3 heteroatoms. The van der Waals surface area contributed by atoms with E-state index < -0.39 is 0 Å². The maximum absolute atomic E-state index is 5.91. The maximum atomic E-state index is 5.91. The molecule has 1 N–H and O–H groups in total. The van der Waals surface area contributed by atoms with Gasteiger partial charge in [0.15, 0.2) is 0 Å². The van der Waals surface area contributed by atoms with Gasteiger partial charge in [0.05, 0.1) is 12.7 Å². The summed E-state index contributed by atoms with van der Waals surface area (Å²) < 4.78 is 5.91. The largest absolute Gasteiger partial charge is 0.374 e. The van der Waals surface area contributed by atoms with E-state index in [9.17, 15) is 0 Å². The third kappa shape index (κ3) is 2.71. The van der Waals surface area contributed by atoms with Gasteiger partial charge >= 0.3 is 0 Å². The molecular formula is C12H24N2O. The fraction of sp³-hybridized carbons (Fsp3) is 1.00. The quantitative estimate of drug-likeness (QED) is 0.758. The van der Waals surface area contributed by atoms with Crippen LogP contribution >= 0.6 is 0 Å². The molecule has 2 atom stereocenters. The molecule has 0 aromatic rings. The zero-order chi connectivity index (χ0) is 10.7. The van der Waals surface area contributed by atoms with Gasteiger partial charge < -0.3 is 15.0 Å². The van der Waals surface area contributed by atoms with Crippen molar-refractivity contribution in [2.45, 2.75) is 37.8 Å². The average Bonchev–Trinajstić information content (AvgIpc) is 2.72. The summed E-state index contributed by atoms with van der Waals surface area (Å²) in [5, 5.41) is 3.44. The van der Waals surface area contributed by atoms with Crippen LogP contribution < -0.4 is 5.32 Å². The lowest BCUT2D eigenvalue weighted by Gasteiger charge is -2.38. The Hall–Kier alpha value is -0.120. The van der Waals surface area contributed by atoms with Crippen LogP contribution in [0.1, 0.15) is 25.7 Å². The Balaban J connectivity index is 1.97. The molecule has 1 heterocycles. The second-order valence-corrected chi connectivity index (χ2v) is 5.11. The van der Waals surface area contributed by atoms with Crippen LogP contribution in [0.15, 0.2) is 0 Å². The summed E-state index contributed by atoms with van der Waals surface area (Å²) in [5.41, 5.74) is 0. The smallest absolute Gasteiger partial charge is 0.0857 e. The van der Waals surface area contributed by atoms with Gasteiger partial charge in [-0.1, -0.05) is 12.8 Å². The highest BCUT2D eigenvalue weighted by Gasteiger charge is 2.34. The van der Waals surface area contributed by atoms with Gasteiger partial charge in [-0.2, -0.15) is 0 Å². The van der Waals surface area contributed by atoms with E-state index in [1.54, 1.807) is 0 Å². The number of rotatable bonds is 3. The number of nitrogens with zero attached hydrogens (tertiary/aromatic N) is 1. The number of ether oxygens (including phenoxy) is 1. The molecule has 1 saturated heterocycles. The molecule has 1 aliphatic heterocycles. The normalized spacial score (nSPS) is 31.0. The lowest BCUT2D eigenvalue weighted by atomic mass is 9.92. The summed E-state index contributed by atoms with van der Waals surface area (Å²) in [6.45, 7) is 2.92. The monoisotopic (exact) mass is 212 g/mol. The first-order valence-corrected chi connectivity index (χ1v) is 6.28. The van der Waals surface area contributed by atoms with Crippen molar-refractivity contribution in [1.29, 1.82) is 0 Å². The lowest BCUT2D eigenvalue weighted by molar-refractivity contribution is -0.0375. The summed E-state index contributed by atoms with van der Waals surface area (Å²) >= 11 is 0. The SMILES string of the molecule is CN(C)C(C1CCCC1)C1CNCCO1. The molecule has 2 rings (SSSR count). The minimum atomic E-state index is 0.400. The molecule has 2 unspecified atom stereocenters. The molecule has 0 amide bonds. The molecule has 1 saturated carbocycles. The zero-order valence-electron chi connectivity index (χ0n) is 10.0. The van der Waals surface area contributed by atoms with Crippen molar-refractivity contribution in [3.05, 3.63) is 0 Å². The summed E-state index contributed by atoms with van der Waals surface area (Å²) in [5.74, 6) is 0.852. The van der Waals surface area contributed by atoms with Crippen molar-refractivity contribution in [2.24, 2.45) is 5.92 Å². The van der Waals surface area contributed by atoms with Gasteiger partial charge in [0.1, 0.15) is 0 Å².